The van der Waals surface area contributed by atoms with Crippen LogP contribution in [0.2, 0.25) is 0 Å². The molecule has 1 aromatic carbocycles. The molecule has 0 amide bonds. The highest BCUT2D eigenvalue weighted by atomic mass is 16.3. The summed E-state index contributed by atoms with van der Waals surface area (Å²) in [5.41, 5.74) is 1.78. The Labute approximate surface area is 115 Å². The van der Waals surface area contributed by atoms with Crippen molar-refractivity contribution in [1.29, 1.82) is 0 Å². The summed E-state index contributed by atoms with van der Waals surface area (Å²) in [5, 5.41) is 9.99. The normalized spacial score (nSPS) is 30.7. The zero-order valence-electron chi connectivity index (χ0n) is 11.7. The van der Waals surface area contributed by atoms with E-state index in [4.69, 9.17) is 4.99 Å². The van der Waals surface area contributed by atoms with E-state index in [1.165, 1.54) is 38.5 Å². The summed E-state index contributed by atoms with van der Waals surface area (Å²) >= 11 is 0. The van der Waals surface area contributed by atoms with Crippen LogP contribution >= 0.6 is 0 Å². The Kier molecular flexibility index (Phi) is 3.58. The van der Waals surface area contributed by atoms with Gasteiger partial charge in [-0.2, -0.15) is 0 Å². The average molecular weight is 257 g/mol. The second kappa shape index (κ2) is 5.36. The van der Waals surface area contributed by atoms with E-state index in [2.05, 4.69) is 0 Å². The molecule has 2 unspecified atom stereocenters. The molecular formula is C17H23NO. The topological polar surface area (TPSA) is 32.6 Å². The molecule has 0 aliphatic heterocycles. The fraction of sp³-hybridized carbons (Fsp3) is 0.588. The van der Waals surface area contributed by atoms with Crippen molar-refractivity contribution in [2.75, 3.05) is 0 Å². The first-order valence-electron chi connectivity index (χ1n) is 7.56. The Balaban J connectivity index is 1.68. The lowest BCUT2D eigenvalue weighted by molar-refractivity contribution is 0.277. The summed E-state index contributed by atoms with van der Waals surface area (Å²) in [6.45, 7) is 1.93. The van der Waals surface area contributed by atoms with E-state index in [0.717, 1.165) is 23.0 Å². The van der Waals surface area contributed by atoms with E-state index >= 15 is 0 Å². The second-order valence-electron chi connectivity index (χ2n) is 6.22. The minimum atomic E-state index is 0.377. The van der Waals surface area contributed by atoms with Crippen LogP contribution in [-0.4, -0.2) is 17.4 Å². The molecule has 0 saturated heterocycles. The summed E-state index contributed by atoms with van der Waals surface area (Å²) in [5.74, 6) is 2.21. The van der Waals surface area contributed by atoms with Crippen molar-refractivity contribution < 1.29 is 5.11 Å². The molecule has 0 radical (unpaired) electrons. The maximum absolute atomic E-state index is 9.99. The standard InChI is InChI=1S/C17H23NO/c1-12-5-4-8-15(17(12)19)11-18-16-9-13-6-2-3-7-14(13)10-16/h4-5,8,11,13-14,16,19H,2-3,6-7,9-10H2,1H3. The molecule has 0 bridgehead atoms. The van der Waals surface area contributed by atoms with Crippen LogP contribution in [-0.2, 0) is 0 Å². The molecule has 0 spiro atoms. The Morgan fingerprint density at radius 3 is 2.53 bits per heavy atom. The Hall–Kier alpha value is -1.31. The predicted octanol–water partition coefficient (Wildman–Crippen LogP) is 4.09. The van der Waals surface area contributed by atoms with Crippen molar-refractivity contribution in [3.8, 4) is 5.75 Å². The van der Waals surface area contributed by atoms with Gasteiger partial charge in [-0.05, 0) is 43.2 Å². The number of hydrogen-bond donors (Lipinski definition) is 1. The zero-order chi connectivity index (χ0) is 13.2. The number of phenolic OH excluding ortho intramolecular Hbond substituents is 1. The van der Waals surface area contributed by atoms with Gasteiger partial charge in [-0.25, -0.2) is 0 Å². The monoisotopic (exact) mass is 257 g/mol. The first-order valence-corrected chi connectivity index (χ1v) is 7.56. The first kappa shape index (κ1) is 12.7. The number of para-hydroxylation sites is 1. The average Bonchev–Trinajstić information content (AvgIpc) is 2.83. The number of phenols is 1. The van der Waals surface area contributed by atoms with E-state index in [9.17, 15) is 5.11 Å². The van der Waals surface area contributed by atoms with E-state index < -0.39 is 0 Å². The van der Waals surface area contributed by atoms with Crippen molar-refractivity contribution in [3.05, 3.63) is 29.3 Å². The van der Waals surface area contributed by atoms with Gasteiger partial charge in [-0.1, -0.05) is 37.8 Å². The lowest BCUT2D eigenvalue weighted by atomic mass is 9.82. The summed E-state index contributed by atoms with van der Waals surface area (Å²) in [6.07, 6.45) is 10.0. The zero-order valence-corrected chi connectivity index (χ0v) is 11.7. The van der Waals surface area contributed by atoms with Crippen LogP contribution in [0.25, 0.3) is 0 Å². The van der Waals surface area contributed by atoms with Crippen LogP contribution in [0, 0.1) is 18.8 Å². The van der Waals surface area contributed by atoms with E-state index in [0.29, 0.717) is 11.8 Å². The van der Waals surface area contributed by atoms with Gasteiger partial charge in [0.2, 0.25) is 0 Å². The maximum Gasteiger partial charge on any atom is 0.127 e. The van der Waals surface area contributed by atoms with Crippen LogP contribution in [0.15, 0.2) is 23.2 Å². The van der Waals surface area contributed by atoms with Gasteiger partial charge < -0.3 is 5.11 Å². The quantitative estimate of drug-likeness (QED) is 0.795. The largest absolute Gasteiger partial charge is 0.507 e. The van der Waals surface area contributed by atoms with Gasteiger partial charge in [-0.15, -0.1) is 0 Å². The van der Waals surface area contributed by atoms with Crippen LogP contribution in [0.5, 0.6) is 5.75 Å². The highest BCUT2D eigenvalue weighted by molar-refractivity contribution is 5.84. The molecule has 0 heterocycles. The third-order valence-electron chi connectivity index (χ3n) is 4.91. The first-order chi connectivity index (χ1) is 9.24. The number of hydrogen-bond acceptors (Lipinski definition) is 2. The molecule has 102 valence electrons. The van der Waals surface area contributed by atoms with E-state index in [1.807, 2.05) is 31.3 Å². The third-order valence-corrected chi connectivity index (χ3v) is 4.91. The number of rotatable bonds is 2. The molecule has 2 atom stereocenters. The summed E-state index contributed by atoms with van der Waals surface area (Å²) in [6, 6.07) is 6.32. The molecule has 3 rings (SSSR count). The van der Waals surface area contributed by atoms with Crippen molar-refractivity contribution in [1.82, 2.24) is 0 Å². The number of nitrogens with zero attached hydrogens (tertiary/aromatic N) is 1. The SMILES string of the molecule is Cc1cccc(C=NC2CC3CCCCC3C2)c1O. The molecule has 1 N–H and O–H groups in total. The van der Waals surface area contributed by atoms with E-state index in [1.54, 1.807) is 0 Å². The fourth-order valence-corrected chi connectivity index (χ4v) is 3.79. The molecule has 19 heavy (non-hydrogen) atoms. The number of benzene rings is 1. The maximum atomic E-state index is 9.99. The third kappa shape index (κ3) is 2.68. The minimum absolute atomic E-state index is 0.377. The molecule has 2 aliphatic carbocycles. The number of fused-ring (bicyclic) bond motifs is 1. The smallest absolute Gasteiger partial charge is 0.127 e. The van der Waals surface area contributed by atoms with Crippen molar-refractivity contribution in [2.45, 2.75) is 51.5 Å². The Morgan fingerprint density at radius 2 is 1.84 bits per heavy atom. The molecule has 2 aliphatic rings. The molecule has 2 fully saturated rings. The molecule has 2 saturated carbocycles. The van der Waals surface area contributed by atoms with Gasteiger partial charge >= 0.3 is 0 Å². The number of aryl methyl sites for hydroxylation is 1. The van der Waals surface area contributed by atoms with E-state index in [-0.39, 0.29) is 0 Å². The summed E-state index contributed by atoms with van der Waals surface area (Å²) in [4.78, 5) is 4.73. The van der Waals surface area contributed by atoms with Gasteiger partial charge in [0.05, 0.1) is 6.04 Å². The van der Waals surface area contributed by atoms with Crippen LogP contribution in [0.4, 0.5) is 0 Å². The number of aromatic hydroxyl groups is 1. The van der Waals surface area contributed by atoms with Crippen LogP contribution < -0.4 is 0 Å². The van der Waals surface area contributed by atoms with Gasteiger partial charge in [-0.3, -0.25) is 4.99 Å². The highest BCUT2D eigenvalue weighted by Gasteiger charge is 2.35. The van der Waals surface area contributed by atoms with Gasteiger partial charge in [0, 0.05) is 11.8 Å². The van der Waals surface area contributed by atoms with Crippen LogP contribution in [0.3, 0.4) is 0 Å². The molecular weight excluding hydrogens is 234 g/mol. The molecule has 2 heteroatoms. The van der Waals surface area contributed by atoms with Gasteiger partial charge in [0.1, 0.15) is 5.75 Å². The lowest BCUT2D eigenvalue weighted by Crippen LogP contribution is -2.12. The van der Waals surface area contributed by atoms with Crippen molar-refractivity contribution >= 4 is 6.21 Å². The van der Waals surface area contributed by atoms with Gasteiger partial charge in [0.15, 0.2) is 0 Å². The number of aliphatic imine (C=N–C) groups is 1. The second-order valence-corrected chi connectivity index (χ2v) is 6.22. The van der Waals surface area contributed by atoms with Crippen LogP contribution in [0.1, 0.15) is 49.7 Å². The highest BCUT2D eigenvalue weighted by Crippen LogP contribution is 2.43. The van der Waals surface area contributed by atoms with Crippen molar-refractivity contribution in [3.63, 3.8) is 0 Å². The minimum Gasteiger partial charge on any atom is -0.507 e. The Morgan fingerprint density at radius 1 is 1.16 bits per heavy atom. The summed E-state index contributed by atoms with van der Waals surface area (Å²) < 4.78 is 0. The predicted molar refractivity (Wildman–Crippen MR) is 78.9 cm³/mol. The summed E-state index contributed by atoms with van der Waals surface area (Å²) in [7, 11) is 0. The lowest BCUT2D eigenvalue weighted by Gasteiger charge is -2.23. The fourth-order valence-electron chi connectivity index (χ4n) is 3.79. The molecule has 0 aromatic heterocycles. The van der Waals surface area contributed by atoms with Crippen molar-refractivity contribution in [2.24, 2.45) is 16.8 Å². The Bertz CT molecular complexity index is 466. The molecule has 1 aromatic rings. The molecule has 2 nitrogen and oxygen atoms in total. The van der Waals surface area contributed by atoms with Gasteiger partial charge in [0.25, 0.3) is 0 Å².